The molecule has 0 N–H and O–H groups in total. The van der Waals surface area contributed by atoms with Crippen molar-refractivity contribution in [3.8, 4) is 5.75 Å². The zero-order valence-corrected chi connectivity index (χ0v) is 11.8. The fraction of sp³-hybridized carbons (Fsp3) is 0.533. The van der Waals surface area contributed by atoms with E-state index in [-0.39, 0.29) is 5.41 Å². The lowest BCUT2D eigenvalue weighted by Gasteiger charge is -2.27. The molecule has 1 atom stereocenters. The lowest BCUT2D eigenvalue weighted by molar-refractivity contribution is -0.116. The summed E-state index contributed by atoms with van der Waals surface area (Å²) in [5, 5.41) is 0. The molecule has 0 bridgehead atoms. The van der Waals surface area contributed by atoms with E-state index in [9.17, 15) is 4.79 Å². The fourth-order valence-electron chi connectivity index (χ4n) is 1.95. The van der Waals surface area contributed by atoms with Gasteiger partial charge in [-0.2, -0.15) is 0 Å². The second-order valence-electron chi connectivity index (χ2n) is 5.15. The van der Waals surface area contributed by atoms with Gasteiger partial charge in [0, 0.05) is 18.5 Å². The van der Waals surface area contributed by atoms with E-state index in [1.54, 1.807) is 7.11 Å². The Hall–Kier alpha value is -1.35. The molecule has 0 fully saturated rings. The van der Waals surface area contributed by atoms with Crippen molar-refractivity contribution >= 4 is 6.29 Å². The summed E-state index contributed by atoms with van der Waals surface area (Å²) in [5.74, 6) is 0.868. The Morgan fingerprint density at radius 1 is 1.33 bits per heavy atom. The molecule has 0 aliphatic heterocycles. The molecule has 1 aromatic carbocycles. The summed E-state index contributed by atoms with van der Waals surface area (Å²) >= 11 is 0. The van der Waals surface area contributed by atoms with Gasteiger partial charge < -0.3 is 14.4 Å². The van der Waals surface area contributed by atoms with Crippen LogP contribution in [0.4, 0.5) is 0 Å². The molecular formula is C15H23NO2. The third kappa shape index (κ3) is 4.15. The van der Waals surface area contributed by atoms with Gasteiger partial charge in [0.2, 0.25) is 0 Å². The van der Waals surface area contributed by atoms with Gasteiger partial charge >= 0.3 is 0 Å². The number of aldehydes is 1. The Morgan fingerprint density at radius 3 is 2.39 bits per heavy atom. The van der Waals surface area contributed by atoms with Crippen molar-refractivity contribution in [1.82, 2.24) is 4.90 Å². The van der Waals surface area contributed by atoms with E-state index >= 15 is 0 Å². The van der Waals surface area contributed by atoms with Crippen molar-refractivity contribution in [2.24, 2.45) is 5.41 Å². The summed E-state index contributed by atoms with van der Waals surface area (Å²) < 4.78 is 5.13. The highest BCUT2D eigenvalue weighted by Gasteiger charge is 2.22. The molecule has 0 saturated heterocycles. The van der Waals surface area contributed by atoms with E-state index in [0.29, 0.717) is 0 Å². The van der Waals surface area contributed by atoms with Crippen molar-refractivity contribution in [3.05, 3.63) is 29.8 Å². The first kappa shape index (κ1) is 14.7. The highest BCUT2D eigenvalue weighted by molar-refractivity contribution is 5.58. The Balaban J connectivity index is 2.58. The molecule has 0 saturated carbocycles. The maximum absolute atomic E-state index is 11.1. The fourth-order valence-corrected chi connectivity index (χ4v) is 1.95. The Labute approximate surface area is 110 Å². The van der Waals surface area contributed by atoms with Crippen molar-refractivity contribution in [2.45, 2.75) is 26.8 Å². The highest BCUT2D eigenvalue weighted by atomic mass is 16.5. The van der Waals surface area contributed by atoms with Crippen molar-refractivity contribution < 1.29 is 9.53 Å². The lowest BCUT2D eigenvalue weighted by Crippen LogP contribution is -2.33. The lowest BCUT2D eigenvalue weighted by atomic mass is 9.89. The molecule has 1 unspecified atom stereocenters. The number of methoxy groups -OCH3 is 1. The first-order valence-electron chi connectivity index (χ1n) is 6.31. The average molecular weight is 249 g/mol. The monoisotopic (exact) mass is 249 g/mol. The van der Waals surface area contributed by atoms with Gasteiger partial charge in [-0.1, -0.05) is 26.0 Å². The largest absolute Gasteiger partial charge is 0.497 e. The summed E-state index contributed by atoms with van der Waals surface area (Å²) in [4.78, 5) is 13.3. The van der Waals surface area contributed by atoms with Gasteiger partial charge in [0.05, 0.1) is 7.11 Å². The smallest absolute Gasteiger partial charge is 0.127 e. The number of ether oxygens (including phenoxy) is 1. The molecule has 3 heteroatoms. The minimum atomic E-state index is -0.249. The van der Waals surface area contributed by atoms with Crippen LogP contribution >= 0.6 is 0 Å². The van der Waals surface area contributed by atoms with E-state index < -0.39 is 0 Å². The minimum Gasteiger partial charge on any atom is -0.497 e. The number of nitrogens with zero attached hydrogens (tertiary/aromatic N) is 1. The first-order chi connectivity index (χ1) is 8.53. The summed E-state index contributed by atoms with van der Waals surface area (Å²) in [6.07, 6.45) is 1.93. The van der Waals surface area contributed by atoms with Crippen molar-refractivity contribution in [1.29, 1.82) is 0 Å². The Bertz CT molecular complexity index is 375. The molecule has 3 nitrogen and oxygen atoms in total. The molecule has 0 aliphatic carbocycles. The van der Waals surface area contributed by atoms with E-state index in [2.05, 4.69) is 24.0 Å². The van der Waals surface area contributed by atoms with Gasteiger partial charge in [-0.05, 0) is 31.2 Å². The van der Waals surface area contributed by atoms with Crippen LogP contribution < -0.4 is 4.74 Å². The van der Waals surface area contributed by atoms with Crippen LogP contribution in [0.15, 0.2) is 24.3 Å². The van der Waals surface area contributed by atoms with Crippen LogP contribution in [-0.4, -0.2) is 31.9 Å². The molecule has 0 heterocycles. The number of carbonyl (C=O) groups is 1. The molecule has 100 valence electrons. The topological polar surface area (TPSA) is 29.5 Å². The van der Waals surface area contributed by atoms with E-state index in [4.69, 9.17) is 4.74 Å². The van der Waals surface area contributed by atoms with Crippen molar-refractivity contribution in [2.75, 3.05) is 20.7 Å². The van der Waals surface area contributed by atoms with Crippen molar-refractivity contribution in [3.63, 3.8) is 0 Å². The van der Waals surface area contributed by atoms with Gasteiger partial charge in [0.1, 0.15) is 12.0 Å². The highest BCUT2D eigenvalue weighted by Crippen LogP contribution is 2.20. The van der Waals surface area contributed by atoms with E-state index in [0.717, 1.165) is 31.5 Å². The van der Waals surface area contributed by atoms with Gasteiger partial charge in [-0.3, -0.25) is 0 Å². The molecule has 0 aromatic heterocycles. The standard InChI is InChI=1S/C15H23NO2/c1-5-15(2,12-17)11-16(3)10-13-6-8-14(18-4)9-7-13/h6-9,12H,5,10-11H2,1-4H3. The van der Waals surface area contributed by atoms with Gasteiger partial charge in [0.25, 0.3) is 0 Å². The maximum atomic E-state index is 11.1. The Kier molecular flexibility index (Phi) is 5.35. The summed E-state index contributed by atoms with van der Waals surface area (Å²) in [7, 11) is 3.71. The minimum absolute atomic E-state index is 0.249. The quantitative estimate of drug-likeness (QED) is 0.696. The molecule has 1 rings (SSSR count). The van der Waals surface area contributed by atoms with Crippen LogP contribution in [0, 0.1) is 5.41 Å². The van der Waals surface area contributed by atoms with E-state index in [1.165, 1.54) is 5.56 Å². The van der Waals surface area contributed by atoms with Crippen LogP contribution in [0.5, 0.6) is 5.75 Å². The number of benzene rings is 1. The number of carbonyl (C=O) groups excluding carboxylic acids is 1. The zero-order chi connectivity index (χ0) is 13.6. The molecule has 0 aliphatic rings. The SMILES string of the molecule is CCC(C)(C=O)CN(C)Cc1ccc(OC)cc1. The molecule has 1 aromatic rings. The molecule has 0 amide bonds. The van der Waals surface area contributed by atoms with E-state index in [1.807, 2.05) is 26.1 Å². The second-order valence-corrected chi connectivity index (χ2v) is 5.15. The molecule has 18 heavy (non-hydrogen) atoms. The Morgan fingerprint density at radius 2 is 1.94 bits per heavy atom. The normalized spacial score (nSPS) is 14.3. The predicted octanol–water partition coefficient (Wildman–Crippen LogP) is 2.74. The summed E-state index contributed by atoms with van der Waals surface area (Å²) in [5.41, 5.74) is 0.976. The summed E-state index contributed by atoms with van der Waals surface area (Å²) in [6, 6.07) is 8.03. The van der Waals surface area contributed by atoms with Gasteiger partial charge in [-0.15, -0.1) is 0 Å². The van der Waals surface area contributed by atoms with Crippen LogP contribution in [0.2, 0.25) is 0 Å². The maximum Gasteiger partial charge on any atom is 0.127 e. The second kappa shape index (κ2) is 6.55. The third-order valence-electron chi connectivity index (χ3n) is 3.33. The van der Waals surface area contributed by atoms with Gasteiger partial charge in [-0.25, -0.2) is 0 Å². The van der Waals surface area contributed by atoms with Crippen LogP contribution in [0.1, 0.15) is 25.8 Å². The van der Waals surface area contributed by atoms with Crippen LogP contribution in [0.25, 0.3) is 0 Å². The molecule has 0 spiro atoms. The number of hydrogen-bond acceptors (Lipinski definition) is 3. The average Bonchev–Trinajstić information content (AvgIpc) is 2.39. The van der Waals surface area contributed by atoms with Crippen LogP contribution in [-0.2, 0) is 11.3 Å². The molecular weight excluding hydrogens is 226 g/mol. The number of hydrogen-bond donors (Lipinski definition) is 0. The number of rotatable bonds is 7. The summed E-state index contributed by atoms with van der Waals surface area (Å²) in [6.45, 7) is 5.67. The molecule has 0 radical (unpaired) electrons. The third-order valence-corrected chi connectivity index (χ3v) is 3.33. The zero-order valence-electron chi connectivity index (χ0n) is 11.8. The predicted molar refractivity (Wildman–Crippen MR) is 73.8 cm³/mol. The van der Waals surface area contributed by atoms with Gasteiger partial charge in [0.15, 0.2) is 0 Å². The van der Waals surface area contributed by atoms with Crippen LogP contribution in [0.3, 0.4) is 0 Å². The first-order valence-corrected chi connectivity index (χ1v) is 6.31.